The number of nitrogens with zero attached hydrogens (tertiary/aromatic N) is 1. The lowest BCUT2D eigenvalue weighted by Crippen LogP contribution is -2.32. The zero-order valence-corrected chi connectivity index (χ0v) is 12.6. The highest BCUT2D eigenvalue weighted by Crippen LogP contribution is 2.26. The lowest BCUT2D eigenvalue weighted by molar-refractivity contribution is -0.134. The fourth-order valence-corrected chi connectivity index (χ4v) is 2.75. The summed E-state index contributed by atoms with van der Waals surface area (Å²) in [6, 6.07) is 7.81. The second-order valence-corrected chi connectivity index (χ2v) is 5.53. The Morgan fingerprint density at radius 2 is 2.21 bits per heavy atom. The first kappa shape index (κ1) is 16.3. The summed E-state index contributed by atoms with van der Waals surface area (Å²) in [5, 5.41) is 0.705. The quantitative estimate of drug-likeness (QED) is 0.933. The molecule has 106 valence electrons. The number of carbonyl (C=O) groups excluding carboxylic acids is 1. The Morgan fingerprint density at radius 1 is 1.47 bits per heavy atom. The average Bonchev–Trinajstić information content (AvgIpc) is 2.75. The zero-order valence-electron chi connectivity index (χ0n) is 11.0. The van der Waals surface area contributed by atoms with Crippen molar-refractivity contribution in [2.24, 2.45) is 11.7 Å². The summed E-state index contributed by atoms with van der Waals surface area (Å²) in [7, 11) is 1.84. The summed E-state index contributed by atoms with van der Waals surface area (Å²) in [5.74, 6) is 0.298. The van der Waals surface area contributed by atoms with Crippen molar-refractivity contribution < 1.29 is 4.79 Å². The number of rotatable bonds is 3. The molecule has 2 rings (SSSR count). The largest absolute Gasteiger partial charge is 0.341 e. The van der Waals surface area contributed by atoms with Crippen molar-refractivity contribution in [3.05, 3.63) is 34.9 Å². The summed E-state index contributed by atoms with van der Waals surface area (Å²) in [6.45, 7) is 0.602. The first-order chi connectivity index (χ1) is 8.56. The number of hydrogen-bond acceptors (Lipinski definition) is 2. The molecule has 0 heterocycles. The van der Waals surface area contributed by atoms with Crippen molar-refractivity contribution in [1.82, 2.24) is 4.90 Å². The molecule has 19 heavy (non-hydrogen) atoms. The molecular formula is C14H20Cl2N2O. The number of hydrogen-bond donors (Lipinski definition) is 1. The maximum Gasteiger partial charge on any atom is 0.225 e. The summed E-state index contributed by atoms with van der Waals surface area (Å²) in [4.78, 5) is 14.0. The predicted octanol–water partition coefficient (Wildman–Crippen LogP) is 2.85. The molecule has 1 fully saturated rings. The Balaban J connectivity index is 0.00000180. The molecule has 2 unspecified atom stereocenters. The molecule has 1 aromatic carbocycles. The number of halogens is 2. The molecule has 0 aliphatic heterocycles. The van der Waals surface area contributed by atoms with E-state index in [-0.39, 0.29) is 30.3 Å². The minimum atomic E-state index is 0. The Morgan fingerprint density at radius 3 is 2.79 bits per heavy atom. The Labute approximate surface area is 125 Å². The van der Waals surface area contributed by atoms with Gasteiger partial charge in [0, 0.05) is 30.6 Å². The van der Waals surface area contributed by atoms with Gasteiger partial charge in [0.2, 0.25) is 5.91 Å². The molecule has 1 aromatic rings. The van der Waals surface area contributed by atoms with Crippen molar-refractivity contribution in [2.75, 3.05) is 7.05 Å². The lowest BCUT2D eigenvalue weighted by atomic mass is 10.1. The summed E-state index contributed by atoms with van der Waals surface area (Å²) in [5.41, 5.74) is 6.90. The van der Waals surface area contributed by atoms with Crippen LogP contribution in [0.5, 0.6) is 0 Å². The molecular weight excluding hydrogens is 283 g/mol. The third kappa shape index (κ3) is 4.37. The molecule has 5 heteroatoms. The highest BCUT2D eigenvalue weighted by molar-refractivity contribution is 6.30. The van der Waals surface area contributed by atoms with Crippen LogP contribution in [0.4, 0.5) is 0 Å². The minimum Gasteiger partial charge on any atom is -0.341 e. The van der Waals surface area contributed by atoms with Crippen LogP contribution in [-0.4, -0.2) is 23.9 Å². The topological polar surface area (TPSA) is 46.3 Å². The fraction of sp³-hybridized carbons (Fsp3) is 0.500. The van der Waals surface area contributed by atoms with Crippen molar-refractivity contribution >= 4 is 29.9 Å². The molecule has 1 amide bonds. The molecule has 1 aliphatic carbocycles. The molecule has 2 atom stereocenters. The molecule has 0 aromatic heterocycles. The van der Waals surface area contributed by atoms with E-state index in [9.17, 15) is 4.79 Å². The minimum absolute atomic E-state index is 0. The van der Waals surface area contributed by atoms with Crippen molar-refractivity contribution in [3.63, 3.8) is 0 Å². The van der Waals surface area contributed by atoms with E-state index < -0.39 is 0 Å². The van der Waals surface area contributed by atoms with Crippen LogP contribution >= 0.6 is 24.0 Å². The van der Waals surface area contributed by atoms with Gasteiger partial charge in [-0.05, 0) is 37.0 Å². The monoisotopic (exact) mass is 302 g/mol. The van der Waals surface area contributed by atoms with Crippen LogP contribution in [0, 0.1) is 5.92 Å². The van der Waals surface area contributed by atoms with E-state index in [1.165, 1.54) is 0 Å². The molecule has 1 saturated carbocycles. The average molecular weight is 303 g/mol. The van der Waals surface area contributed by atoms with Gasteiger partial charge in [0.15, 0.2) is 0 Å². The van der Waals surface area contributed by atoms with E-state index in [1.54, 1.807) is 4.90 Å². The van der Waals surface area contributed by atoms with Crippen LogP contribution in [-0.2, 0) is 11.3 Å². The van der Waals surface area contributed by atoms with Gasteiger partial charge in [-0.3, -0.25) is 4.79 Å². The first-order valence-corrected chi connectivity index (χ1v) is 6.69. The highest BCUT2D eigenvalue weighted by Gasteiger charge is 2.29. The van der Waals surface area contributed by atoms with E-state index in [4.69, 9.17) is 17.3 Å². The summed E-state index contributed by atoms with van der Waals surface area (Å²) < 4.78 is 0. The third-order valence-corrected chi connectivity index (χ3v) is 3.74. The normalized spacial score (nSPS) is 21.8. The van der Waals surface area contributed by atoms with Crippen LogP contribution in [0.15, 0.2) is 24.3 Å². The second kappa shape index (κ2) is 7.13. The van der Waals surface area contributed by atoms with Gasteiger partial charge in [0.25, 0.3) is 0 Å². The zero-order chi connectivity index (χ0) is 13.1. The third-order valence-electron chi connectivity index (χ3n) is 3.51. The van der Waals surface area contributed by atoms with Gasteiger partial charge >= 0.3 is 0 Å². The van der Waals surface area contributed by atoms with Gasteiger partial charge in [0.05, 0.1) is 0 Å². The lowest BCUT2D eigenvalue weighted by Gasteiger charge is -2.21. The summed E-state index contributed by atoms with van der Waals surface area (Å²) in [6.07, 6.45) is 2.69. The van der Waals surface area contributed by atoms with Gasteiger partial charge < -0.3 is 10.6 Å². The molecule has 2 N–H and O–H groups in total. The summed E-state index contributed by atoms with van der Waals surface area (Å²) >= 11 is 5.93. The molecule has 0 bridgehead atoms. The van der Waals surface area contributed by atoms with E-state index in [2.05, 4.69) is 0 Å². The highest BCUT2D eigenvalue weighted by atomic mass is 35.5. The Bertz CT molecular complexity index is 439. The van der Waals surface area contributed by atoms with Gasteiger partial charge in [-0.1, -0.05) is 23.7 Å². The number of amides is 1. The van der Waals surface area contributed by atoms with Crippen LogP contribution in [0.2, 0.25) is 5.02 Å². The van der Waals surface area contributed by atoms with Gasteiger partial charge in [-0.2, -0.15) is 0 Å². The van der Waals surface area contributed by atoms with E-state index in [0.29, 0.717) is 11.6 Å². The predicted molar refractivity (Wildman–Crippen MR) is 80.5 cm³/mol. The first-order valence-electron chi connectivity index (χ1n) is 6.31. The van der Waals surface area contributed by atoms with Gasteiger partial charge in [-0.15, -0.1) is 12.4 Å². The molecule has 3 nitrogen and oxygen atoms in total. The van der Waals surface area contributed by atoms with Crippen molar-refractivity contribution in [3.8, 4) is 0 Å². The smallest absolute Gasteiger partial charge is 0.225 e. The molecule has 1 aliphatic rings. The maximum absolute atomic E-state index is 12.2. The number of carbonyl (C=O) groups is 1. The van der Waals surface area contributed by atoms with Crippen molar-refractivity contribution in [2.45, 2.75) is 31.8 Å². The van der Waals surface area contributed by atoms with E-state index in [1.807, 2.05) is 31.3 Å². The molecule has 0 saturated heterocycles. The molecule has 0 radical (unpaired) electrons. The maximum atomic E-state index is 12.2. The van der Waals surface area contributed by atoms with E-state index in [0.717, 1.165) is 24.8 Å². The molecule has 0 spiro atoms. The van der Waals surface area contributed by atoms with Gasteiger partial charge in [0.1, 0.15) is 0 Å². The Kier molecular flexibility index (Phi) is 6.11. The number of nitrogens with two attached hydrogens (primary N) is 1. The van der Waals surface area contributed by atoms with Crippen LogP contribution in [0.25, 0.3) is 0 Å². The Hall–Kier alpha value is -0.770. The standard InChI is InChI=1S/C14H19ClN2O.ClH/c1-17(9-10-3-2-4-12(15)7-10)14(18)11-5-6-13(16)8-11;/h2-4,7,11,13H,5-6,8-9,16H2,1H3;1H. The van der Waals surface area contributed by atoms with E-state index >= 15 is 0 Å². The van der Waals surface area contributed by atoms with Gasteiger partial charge in [-0.25, -0.2) is 0 Å². The van der Waals surface area contributed by atoms with Crippen molar-refractivity contribution in [1.29, 1.82) is 0 Å². The van der Waals surface area contributed by atoms with Crippen LogP contribution in [0.3, 0.4) is 0 Å². The number of benzene rings is 1. The van der Waals surface area contributed by atoms with Crippen LogP contribution in [0.1, 0.15) is 24.8 Å². The SMILES string of the molecule is CN(Cc1cccc(Cl)c1)C(=O)C1CCC(N)C1.Cl. The second-order valence-electron chi connectivity index (χ2n) is 5.09. The fourth-order valence-electron chi connectivity index (χ4n) is 2.54. The van der Waals surface area contributed by atoms with Crippen LogP contribution < -0.4 is 5.73 Å².